The van der Waals surface area contributed by atoms with Crippen molar-refractivity contribution in [3.8, 4) is 62.1 Å². The molecule has 0 bridgehead atoms. The van der Waals surface area contributed by atoms with Crippen LogP contribution in [0, 0.1) is 0 Å². The second kappa shape index (κ2) is 16.6. The molecule has 0 aliphatic heterocycles. The van der Waals surface area contributed by atoms with Crippen LogP contribution in [0.1, 0.15) is 0 Å². The van der Waals surface area contributed by atoms with Crippen molar-refractivity contribution >= 4 is 138 Å². The number of hydrogen-bond donors (Lipinski definition) is 0. The van der Waals surface area contributed by atoms with Gasteiger partial charge in [-0.15, -0.1) is 34.0 Å². The normalized spacial score (nSPS) is 12.2. The van der Waals surface area contributed by atoms with Gasteiger partial charge < -0.3 is 8.98 Å². The number of rotatable bonds is 6. The summed E-state index contributed by atoms with van der Waals surface area (Å²) in [4.78, 5) is 16.0. The highest BCUT2D eigenvalue weighted by Crippen LogP contribution is 2.45. The minimum absolute atomic E-state index is 0.597. The van der Waals surface area contributed by atoms with Gasteiger partial charge in [0, 0.05) is 104 Å². The second-order valence-corrected chi connectivity index (χ2v) is 23.1. The van der Waals surface area contributed by atoms with Crippen molar-refractivity contribution in [3.63, 3.8) is 0 Å². The van der Waals surface area contributed by atoms with E-state index in [0.717, 1.165) is 55.4 Å². The maximum absolute atomic E-state index is 6.67. The van der Waals surface area contributed by atoms with Gasteiger partial charge in [-0.1, -0.05) is 146 Å². The Labute approximate surface area is 451 Å². The SMILES string of the molecule is c1ccc(-n2c3ccccc3c3cc(-c4cccc5c4sc4ccc(-c6ccc7oc8cccc(-c9nc(-c%10ccc%11c(c%10)sc%10ccccc%10%11)nc(-c%10ccc%11c(c%10)sc%10ccccc%10%11)n9)c8c7c6)cc45)ccc32)cc1. The van der Waals surface area contributed by atoms with Crippen LogP contribution < -0.4 is 0 Å². The van der Waals surface area contributed by atoms with E-state index in [1.54, 1.807) is 22.7 Å². The van der Waals surface area contributed by atoms with Gasteiger partial charge in [0.1, 0.15) is 11.2 Å². The molecule has 17 rings (SSSR count). The van der Waals surface area contributed by atoms with Crippen molar-refractivity contribution in [3.05, 3.63) is 231 Å². The number of furan rings is 1. The fourth-order valence-electron chi connectivity index (χ4n) is 11.9. The maximum Gasteiger partial charge on any atom is 0.164 e. The molecule has 6 aromatic heterocycles. The molecule has 11 aromatic carbocycles. The second-order valence-electron chi connectivity index (χ2n) is 19.8. The van der Waals surface area contributed by atoms with Crippen LogP contribution in [0.5, 0.6) is 0 Å². The molecule has 0 aliphatic carbocycles. The first-order valence-electron chi connectivity index (χ1n) is 25.7. The molecule has 358 valence electrons. The van der Waals surface area contributed by atoms with Crippen molar-refractivity contribution in [2.24, 2.45) is 0 Å². The predicted molar refractivity (Wildman–Crippen MR) is 327 cm³/mol. The van der Waals surface area contributed by atoms with Crippen LogP contribution >= 0.6 is 34.0 Å². The summed E-state index contributed by atoms with van der Waals surface area (Å²) in [6.45, 7) is 0. The van der Waals surface area contributed by atoms with Crippen LogP contribution in [0.15, 0.2) is 235 Å². The summed E-state index contributed by atoms with van der Waals surface area (Å²) in [5, 5.41) is 12.0. The molecule has 17 aromatic rings. The third-order valence-electron chi connectivity index (χ3n) is 15.5. The summed E-state index contributed by atoms with van der Waals surface area (Å²) in [5.41, 5.74) is 12.7. The van der Waals surface area contributed by atoms with E-state index in [1.807, 2.05) is 23.5 Å². The van der Waals surface area contributed by atoms with Crippen LogP contribution in [0.25, 0.3) is 166 Å². The van der Waals surface area contributed by atoms with Gasteiger partial charge in [0.25, 0.3) is 0 Å². The zero-order chi connectivity index (χ0) is 50.3. The van der Waals surface area contributed by atoms with Gasteiger partial charge in [-0.05, 0) is 107 Å². The lowest BCUT2D eigenvalue weighted by Gasteiger charge is -2.10. The molecular weight excluding hydrogens is 997 g/mol. The molecule has 6 heterocycles. The minimum atomic E-state index is 0.597. The van der Waals surface area contributed by atoms with Crippen LogP contribution in [0.4, 0.5) is 0 Å². The van der Waals surface area contributed by atoms with E-state index in [9.17, 15) is 0 Å². The fourth-order valence-corrected chi connectivity index (χ4v) is 15.4. The summed E-state index contributed by atoms with van der Waals surface area (Å²) < 4.78 is 16.5. The molecule has 0 N–H and O–H groups in total. The van der Waals surface area contributed by atoms with Crippen molar-refractivity contribution in [1.29, 1.82) is 0 Å². The van der Waals surface area contributed by atoms with Gasteiger partial charge in [0.2, 0.25) is 0 Å². The quantitative estimate of drug-likeness (QED) is 0.167. The van der Waals surface area contributed by atoms with E-state index >= 15 is 0 Å². The number of thiophene rings is 3. The molecule has 8 heteroatoms. The highest BCUT2D eigenvalue weighted by atomic mass is 32.1. The van der Waals surface area contributed by atoms with E-state index in [2.05, 4.69) is 223 Å². The summed E-state index contributed by atoms with van der Waals surface area (Å²) in [7, 11) is 0. The van der Waals surface area contributed by atoms with E-state index in [1.165, 1.54) is 93.4 Å². The number of aromatic nitrogens is 4. The molecule has 0 saturated carbocycles. The molecule has 0 saturated heterocycles. The number of hydrogen-bond acceptors (Lipinski definition) is 7. The third kappa shape index (κ3) is 6.66. The molecule has 0 fully saturated rings. The Kier molecular flexibility index (Phi) is 9.26. The van der Waals surface area contributed by atoms with Gasteiger partial charge in [-0.2, -0.15) is 0 Å². The number of fused-ring (bicyclic) bond motifs is 15. The molecule has 0 spiro atoms. The smallest absolute Gasteiger partial charge is 0.164 e. The van der Waals surface area contributed by atoms with Crippen LogP contribution in [0.3, 0.4) is 0 Å². The Morgan fingerprint density at radius 1 is 0.299 bits per heavy atom. The number of benzene rings is 11. The van der Waals surface area contributed by atoms with E-state index in [-0.39, 0.29) is 0 Å². The molecule has 0 aliphatic rings. The van der Waals surface area contributed by atoms with Crippen molar-refractivity contribution in [2.45, 2.75) is 0 Å². The Morgan fingerprint density at radius 3 is 1.60 bits per heavy atom. The number of nitrogens with zero attached hydrogens (tertiary/aromatic N) is 4. The average molecular weight is 1040 g/mol. The summed E-state index contributed by atoms with van der Waals surface area (Å²) in [6.07, 6.45) is 0. The fraction of sp³-hybridized carbons (Fsp3) is 0. The van der Waals surface area contributed by atoms with Gasteiger partial charge in [0.05, 0.1) is 11.0 Å². The first-order valence-corrected chi connectivity index (χ1v) is 28.2. The van der Waals surface area contributed by atoms with Crippen molar-refractivity contribution in [1.82, 2.24) is 19.5 Å². The Balaban J connectivity index is 0.795. The summed E-state index contributed by atoms with van der Waals surface area (Å²) in [6, 6.07) is 83.2. The van der Waals surface area contributed by atoms with Crippen LogP contribution in [-0.4, -0.2) is 19.5 Å². The van der Waals surface area contributed by atoms with E-state index in [0.29, 0.717) is 17.5 Å². The van der Waals surface area contributed by atoms with Crippen LogP contribution in [0.2, 0.25) is 0 Å². The van der Waals surface area contributed by atoms with Crippen LogP contribution in [-0.2, 0) is 0 Å². The highest BCUT2D eigenvalue weighted by molar-refractivity contribution is 7.27. The van der Waals surface area contributed by atoms with E-state index < -0.39 is 0 Å². The minimum Gasteiger partial charge on any atom is -0.456 e. The predicted octanol–water partition coefficient (Wildman–Crippen LogP) is 20.3. The van der Waals surface area contributed by atoms with Gasteiger partial charge in [-0.25, -0.2) is 15.0 Å². The molecule has 0 radical (unpaired) electrons. The van der Waals surface area contributed by atoms with Crippen molar-refractivity contribution in [2.75, 3.05) is 0 Å². The lowest BCUT2D eigenvalue weighted by molar-refractivity contribution is 0.669. The Morgan fingerprint density at radius 2 is 0.844 bits per heavy atom. The van der Waals surface area contributed by atoms with Gasteiger partial charge >= 0.3 is 0 Å². The first-order chi connectivity index (χ1) is 38.1. The topological polar surface area (TPSA) is 56.7 Å². The lowest BCUT2D eigenvalue weighted by atomic mass is 9.98. The zero-order valence-electron chi connectivity index (χ0n) is 40.9. The lowest BCUT2D eigenvalue weighted by Crippen LogP contribution is -2.00. The zero-order valence-corrected chi connectivity index (χ0v) is 43.3. The standard InChI is InChI=1S/C69H38N4OS3/c1-2-12-44(13-3-1)73-56-20-7-4-14-46(56)53-36-41(26-31-57(53)73)45-17-10-18-51-54-34-40(28-33-62(54)77-66(45)51)39-27-32-58-55(35-39)65-52(19-11-21-59(65)74-58)69-71-67(42-24-29-49-47-15-5-8-22-60(47)75-63(49)37-42)70-68(72-69)43-25-30-50-48-16-6-9-23-61(48)76-64(50)38-43/h1-38H. The number of para-hydroxylation sites is 2. The van der Waals surface area contributed by atoms with E-state index in [4.69, 9.17) is 19.4 Å². The summed E-state index contributed by atoms with van der Waals surface area (Å²) >= 11 is 5.46. The monoisotopic (exact) mass is 1030 g/mol. The molecule has 77 heavy (non-hydrogen) atoms. The Hall–Kier alpha value is -9.31. The highest BCUT2D eigenvalue weighted by Gasteiger charge is 2.21. The molecule has 5 nitrogen and oxygen atoms in total. The first kappa shape index (κ1) is 43.0. The molecule has 0 atom stereocenters. The third-order valence-corrected chi connectivity index (χ3v) is 19.0. The van der Waals surface area contributed by atoms with Crippen molar-refractivity contribution < 1.29 is 4.42 Å². The van der Waals surface area contributed by atoms with Gasteiger partial charge in [0.15, 0.2) is 17.5 Å². The Bertz CT molecular complexity index is 5180. The largest absolute Gasteiger partial charge is 0.456 e. The molecule has 0 unspecified atom stereocenters. The molecular formula is C69H38N4OS3. The maximum atomic E-state index is 6.67. The average Bonchev–Trinajstić information content (AvgIpc) is 4.32. The summed E-state index contributed by atoms with van der Waals surface area (Å²) in [5.74, 6) is 1.85. The van der Waals surface area contributed by atoms with Gasteiger partial charge in [-0.3, -0.25) is 0 Å². The molecule has 0 amide bonds.